The number of imide groups is 1. The number of amides is 2. The number of nitrogens with zero attached hydrogens (tertiary/aromatic N) is 2. The molecule has 8 heteroatoms. The molecule has 0 bridgehead atoms. The molecule has 21 heavy (non-hydrogen) atoms. The Bertz CT molecular complexity index is 685. The van der Waals surface area contributed by atoms with Crippen LogP contribution in [0, 0.1) is 13.8 Å². The van der Waals surface area contributed by atoms with Crippen molar-refractivity contribution in [3.8, 4) is 0 Å². The fourth-order valence-corrected chi connectivity index (χ4v) is 3.63. The number of ether oxygens (including phenoxy) is 1. The van der Waals surface area contributed by atoms with E-state index < -0.39 is 12.0 Å². The lowest BCUT2D eigenvalue weighted by atomic mass is 10.2. The smallest absolute Gasteiger partial charge is 0.413 e. The number of thiophene rings is 1. The van der Waals surface area contributed by atoms with E-state index >= 15 is 0 Å². The van der Waals surface area contributed by atoms with Crippen LogP contribution in [0.3, 0.4) is 0 Å². The first kappa shape index (κ1) is 15.7. The lowest BCUT2D eigenvalue weighted by Crippen LogP contribution is -2.32. The van der Waals surface area contributed by atoms with Gasteiger partial charge in [-0.15, -0.1) is 11.3 Å². The number of carbonyl (C=O) groups excluding carboxylic acids is 2. The largest absolute Gasteiger partial charge is 0.450 e. The molecule has 1 N–H and O–H groups in total. The number of carbonyl (C=O) groups is 2. The highest BCUT2D eigenvalue weighted by Crippen LogP contribution is 2.34. The van der Waals surface area contributed by atoms with Gasteiger partial charge in [-0.25, -0.2) is 14.8 Å². The maximum atomic E-state index is 11.7. The molecule has 2 rings (SSSR count). The van der Waals surface area contributed by atoms with Crippen LogP contribution in [0.2, 0.25) is 0 Å². The molecule has 112 valence electrons. The standard InChI is InChI=1S/C13H15N3O3S2/c1-4-19-13(18)16-9(17)5-20-11-10-7(2)8(3)21-12(10)15-6-14-11/h6H,4-5H2,1-3H3,(H,16,17,18). The fraction of sp³-hybridized carbons (Fsp3) is 0.385. The third-order valence-electron chi connectivity index (χ3n) is 2.79. The van der Waals surface area contributed by atoms with Gasteiger partial charge in [-0.1, -0.05) is 11.8 Å². The molecule has 2 amide bonds. The molecule has 2 aromatic heterocycles. The maximum absolute atomic E-state index is 11.7. The zero-order chi connectivity index (χ0) is 15.4. The van der Waals surface area contributed by atoms with Crippen molar-refractivity contribution in [2.75, 3.05) is 12.4 Å². The first-order valence-corrected chi connectivity index (χ1v) is 8.13. The Labute approximate surface area is 130 Å². The van der Waals surface area contributed by atoms with Gasteiger partial charge >= 0.3 is 6.09 Å². The highest BCUT2D eigenvalue weighted by molar-refractivity contribution is 8.00. The Hall–Kier alpha value is -1.67. The van der Waals surface area contributed by atoms with E-state index in [0.29, 0.717) is 0 Å². The number of hydrogen-bond acceptors (Lipinski definition) is 7. The predicted molar refractivity (Wildman–Crippen MR) is 82.8 cm³/mol. The van der Waals surface area contributed by atoms with E-state index in [1.165, 1.54) is 23.0 Å². The Morgan fingerprint density at radius 3 is 2.86 bits per heavy atom. The second-order valence-corrected chi connectivity index (χ2v) is 6.37. The third kappa shape index (κ3) is 3.70. The predicted octanol–water partition coefficient (Wildman–Crippen LogP) is 2.67. The van der Waals surface area contributed by atoms with Gasteiger partial charge in [0.05, 0.1) is 12.4 Å². The van der Waals surface area contributed by atoms with E-state index in [4.69, 9.17) is 0 Å². The van der Waals surface area contributed by atoms with Gasteiger partial charge < -0.3 is 4.74 Å². The van der Waals surface area contributed by atoms with E-state index in [-0.39, 0.29) is 12.4 Å². The van der Waals surface area contributed by atoms with Gasteiger partial charge in [0.1, 0.15) is 16.2 Å². The number of fused-ring (bicyclic) bond motifs is 1. The van der Waals surface area contributed by atoms with Gasteiger partial charge in [0, 0.05) is 10.3 Å². The van der Waals surface area contributed by atoms with Gasteiger partial charge in [0.15, 0.2) is 0 Å². The SMILES string of the molecule is CCOC(=O)NC(=O)CSc1ncnc2sc(C)c(C)c12. The Kier molecular flexibility index (Phi) is 5.13. The molecule has 6 nitrogen and oxygen atoms in total. The van der Waals surface area contributed by atoms with Crippen LogP contribution in [0.5, 0.6) is 0 Å². The molecule has 0 spiro atoms. The summed E-state index contributed by atoms with van der Waals surface area (Å²) in [6.45, 7) is 5.95. The molecule has 0 fully saturated rings. The van der Waals surface area contributed by atoms with Crippen LogP contribution < -0.4 is 5.32 Å². The third-order valence-corrected chi connectivity index (χ3v) is 4.89. The molecule has 0 radical (unpaired) electrons. The minimum absolute atomic E-state index is 0.0965. The van der Waals surface area contributed by atoms with Gasteiger partial charge in [0.25, 0.3) is 0 Å². The van der Waals surface area contributed by atoms with Crippen LogP contribution in [0.1, 0.15) is 17.4 Å². The van der Waals surface area contributed by atoms with Crippen molar-refractivity contribution in [1.82, 2.24) is 15.3 Å². The minimum atomic E-state index is -0.724. The monoisotopic (exact) mass is 325 g/mol. The second-order valence-electron chi connectivity index (χ2n) is 4.20. The highest BCUT2D eigenvalue weighted by Gasteiger charge is 2.14. The van der Waals surface area contributed by atoms with Gasteiger partial charge in [-0.05, 0) is 26.3 Å². The molecule has 2 heterocycles. The van der Waals surface area contributed by atoms with E-state index in [9.17, 15) is 9.59 Å². The van der Waals surface area contributed by atoms with Crippen LogP contribution in [0.25, 0.3) is 10.2 Å². The Morgan fingerprint density at radius 1 is 1.38 bits per heavy atom. The van der Waals surface area contributed by atoms with Crippen LogP contribution in [0.15, 0.2) is 11.4 Å². The number of rotatable bonds is 4. The molecular formula is C13H15N3O3S2. The Morgan fingerprint density at radius 2 is 2.14 bits per heavy atom. The van der Waals surface area contributed by atoms with Crippen molar-refractivity contribution in [2.45, 2.75) is 25.8 Å². The summed E-state index contributed by atoms with van der Waals surface area (Å²) >= 11 is 2.89. The lowest BCUT2D eigenvalue weighted by Gasteiger charge is -2.04. The molecule has 0 aliphatic carbocycles. The summed E-state index contributed by atoms with van der Waals surface area (Å²) in [6, 6.07) is 0. The number of aromatic nitrogens is 2. The zero-order valence-electron chi connectivity index (χ0n) is 11.9. The number of alkyl carbamates (subject to hydrolysis) is 1. The summed E-state index contributed by atoms with van der Waals surface area (Å²) < 4.78 is 4.65. The topological polar surface area (TPSA) is 81.2 Å². The average Bonchev–Trinajstić information content (AvgIpc) is 2.73. The van der Waals surface area contributed by atoms with Crippen LogP contribution in [0.4, 0.5) is 4.79 Å². The van der Waals surface area contributed by atoms with Crippen molar-refractivity contribution in [2.24, 2.45) is 0 Å². The first-order chi connectivity index (χ1) is 10.0. The van der Waals surface area contributed by atoms with Gasteiger partial charge in [-0.2, -0.15) is 0 Å². The first-order valence-electron chi connectivity index (χ1n) is 6.33. The lowest BCUT2D eigenvalue weighted by molar-refractivity contribution is -0.117. The average molecular weight is 325 g/mol. The maximum Gasteiger partial charge on any atom is 0.413 e. The zero-order valence-corrected chi connectivity index (χ0v) is 13.6. The summed E-state index contributed by atoms with van der Waals surface area (Å²) in [5.41, 5.74) is 1.13. The van der Waals surface area contributed by atoms with Crippen molar-refractivity contribution < 1.29 is 14.3 Å². The van der Waals surface area contributed by atoms with Crippen LogP contribution in [-0.2, 0) is 9.53 Å². The molecule has 0 aromatic carbocycles. The quantitative estimate of drug-likeness (QED) is 0.687. The van der Waals surface area contributed by atoms with E-state index in [0.717, 1.165) is 20.8 Å². The van der Waals surface area contributed by atoms with Crippen molar-refractivity contribution in [1.29, 1.82) is 0 Å². The fourth-order valence-electron chi connectivity index (χ4n) is 1.71. The van der Waals surface area contributed by atoms with E-state index in [1.54, 1.807) is 18.3 Å². The summed E-state index contributed by atoms with van der Waals surface area (Å²) in [5, 5.41) is 3.89. The summed E-state index contributed by atoms with van der Waals surface area (Å²) in [5.74, 6) is -0.311. The summed E-state index contributed by atoms with van der Waals surface area (Å²) in [7, 11) is 0. The molecule has 0 unspecified atom stereocenters. The van der Waals surface area contributed by atoms with Crippen molar-refractivity contribution in [3.05, 3.63) is 16.8 Å². The molecule has 0 aliphatic heterocycles. The van der Waals surface area contributed by atoms with Gasteiger partial charge in [0.2, 0.25) is 5.91 Å². The molecule has 0 aliphatic rings. The number of thioether (sulfide) groups is 1. The molecule has 0 atom stereocenters. The normalized spacial score (nSPS) is 10.6. The molecule has 0 saturated carbocycles. The number of nitrogens with one attached hydrogen (secondary N) is 1. The van der Waals surface area contributed by atoms with Crippen molar-refractivity contribution in [3.63, 3.8) is 0 Å². The summed E-state index contributed by atoms with van der Waals surface area (Å²) in [6.07, 6.45) is 0.766. The highest BCUT2D eigenvalue weighted by atomic mass is 32.2. The van der Waals surface area contributed by atoms with E-state index in [1.807, 2.05) is 13.8 Å². The molecule has 0 saturated heterocycles. The Balaban J connectivity index is 2.07. The minimum Gasteiger partial charge on any atom is -0.450 e. The van der Waals surface area contributed by atoms with Crippen LogP contribution in [-0.4, -0.2) is 34.3 Å². The molecule has 2 aromatic rings. The van der Waals surface area contributed by atoms with E-state index in [2.05, 4.69) is 20.0 Å². The molecular weight excluding hydrogens is 310 g/mol. The number of hydrogen-bond donors (Lipinski definition) is 1. The summed E-state index contributed by atoms with van der Waals surface area (Å²) in [4.78, 5) is 33.4. The van der Waals surface area contributed by atoms with Crippen LogP contribution >= 0.6 is 23.1 Å². The van der Waals surface area contributed by atoms with Gasteiger partial charge in [-0.3, -0.25) is 10.1 Å². The van der Waals surface area contributed by atoms with Crippen molar-refractivity contribution >= 4 is 45.3 Å². The second kappa shape index (κ2) is 6.86. The number of aryl methyl sites for hydroxylation is 2.